The molecule has 1 rings (SSSR count). The number of benzene rings is 1. The zero-order valence-corrected chi connectivity index (χ0v) is 12.2. The molecule has 1 unspecified atom stereocenters. The van der Waals surface area contributed by atoms with Crippen LogP contribution in [-0.2, 0) is 16.1 Å². The first kappa shape index (κ1) is 15.9. The number of nitrogens with one attached hydrogen (secondary N) is 4. The fraction of sp³-hybridized carbons (Fsp3) is 0.308. The van der Waals surface area contributed by atoms with E-state index in [0.29, 0.717) is 6.54 Å². The lowest BCUT2D eigenvalue weighted by atomic mass is 10.2. The van der Waals surface area contributed by atoms with E-state index < -0.39 is 6.17 Å². The van der Waals surface area contributed by atoms with Crippen LogP contribution in [0.2, 0.25) is 0 Å². The van der Waals surface area contributed by atoms with Gasteiger partial charge in [-0.1, -0.05) is 30.3 Å². The van der Waals surface area contributed by atoms with E-state index in [1.54, 1.807) is 7.05 Å². The maximum Gasteiger partial charge on any atom is 0.263 e. The SMILES string of the molecule is CNC(=S)NC(NC(C)=O)C(=O)NCc1ccccc1. The lowest BCUT2D eigenvalue weighted by molar-refractivity contribution is -0.128. The Kier molecular flexibility index (Phi) is 6.45. The zero-order valence-electron chi connectivity index (χ0n) is 11.4. The van der Waals surface area contributed by atoms with Crippen molar-refractivity contribution in [2.45, 2.75) is 19.6 Å². The highest BCUT2D eigenvalue weighted by Gasteiger charge is 2.19. The summed E-state index contributed by atoms with van der Waals surface area (Å²) in [6.45, 7) is 1.71. The summed E-state index contributed by atoms with van der Waals surface area (Å²) in [4.78, 5) is 23.1. The summed E-state index contributed by atoms with van der Waals surface area (Å²) < 4.78 is 0. The predicted octanol–water partition coefficient (Wildman–Crippen LogP) is -0.141. The average molecular weight is 294 g/mol. The Morgan fingerprint density at radius 3 is 2.40 bits per heavy atom. The number of amides is 2. The Morgan fingerprint density at radius 1 is 1.20 bits per heavy atom. The largest absolute Gasteiger partial charge is 0.366 e. The first-order valence-electron chi connectivity index (χ1n) is 6.10. The highest BCUT2D eigenvalue weighted by atomic mass is 32.1. The van der Waals surface area contributed by atoms with Crippen molar-refractivity contribution in [3.63, 3.8) is 0 Å². The van der Waals surface area contributed by atoms with Crippen molar-refractivity contribution in [3.05, 3.63) is 35.9 Å². The Balaban J connectivity index is 2.58. The van der Waals surface area contributed by atoms with Gasteiger partial charge in [0.15, 0.2) is 11.3 Å². The molecule has 20 heavy (non-hydrogen) atoms. The molecular weight excluding hydrogens is 276 g/mol. The lowest BCUT2D eigenvalue weighted by Crippen LogP contribution is -2.57. The van der Waals surface area contributed by atoms with Crippen molar-refractivity contribution >= 4 is 29.1 Å². The molecule has 1 atom stereocenters. The van der Waals surface area contributed by atoms with Crippen molar-refractivity contribution in [1.29, 1.82) is 0 Å². The van der Waals surface area contributed by atoms with Crippen LogP contribution in [0.25, 0.3) is 0 Å². The van der Waals surface area contributed by atoms with Crippen molar-refractivity contribution in [2.24, 2.45) is 0 Å². The molecule has 0 aliphatic carbocycles. The van der Waals surface area contributed by atoms with Crippen molar-refractivity contribution in [3.8, 4) is 0 Å². The molecule has 1 aromatic carbocycles. The Bertz CT molecular complexity index is 479. The molecule has 108 valence electrons. The normalized spacial score (nSPS) is 11.1. The zero-order chi connectivity index (χ0) is 15.0. The molecule has 0 saturated carbocycles. The minimum atomic E-state index is -0.906. The molecule has 6 nitrogen and oxygen atoms in total. The first-order chi connectivity index (χ1) is 9.52. The van der Waals surface area contributed by atoms with Gasteiger partial charge in [-0.25, -0.2) is 0 Å². The third kappa shape index (κ3) is 5.66. The molecule has 0 heterocycles. The van der Waals surface area contributed by atoms with Gasteiger partial charge in [-0.3, -0.25) is 9.59 Å². The summed E-state index contributed by atoms with van der Waals surface area (Å²) in [5.41, 5.74) is 0.971. The van der Waals surface area contributed by atoms with E-state index >= 15 is 0 Å². The highest BCUT2D eigenvalue weighted by Crippen LogP contribution is 1.97. The summed E-state index contributed by atoms with van der Waals surface area (Å²) in [6.07, 6.45) is -0.906. The minimum Gasteiger partial charge on any atom is -0.366 e. The quantitative estimate of drug-likeness (QED) is 0.449. The molecule has 0 aliphatic rings. The summed E-state index contributed by atoms with van der Waals surface area (Å²) in [7, 11) is 1.63. The van der Waals surface area contributed by atoms with Gasteiger partial charge in [-0.15, -0.1) is 0 Å². The summed E-state index contributed by atoms with van der Waals surface area (Å²) in [6, 6.07) is 9.49. The van der Waals surface area contributed by atoms with E-state index in [2.05, 4.69) is 21.3 Å². The third-order valence-electron chi connectivity index (χ3n) is 2.42. The van der Waals surface area contributed by atoms with Crippen LogP contribution in [-0.4, -0.2) is 30.1 Å². The van der Waals surface area contributed by atoms with Crippen LogP contribution in [0, 0.1) is 0 Å². The van der Waals surface area contributed by atoms with Gasteiger partial charge < -0.3 is 21.3 Å². The molecule has 0 saturated heterocycles. The Labute approximate surface area is 123 Å². The van der Waals surface area contributed by atoms with Gasteiger partial charge in [0.2, 0.25) is 5.91 Å². The van der Waals surface area contributed by atoms with Crippen molar-refractivity contribution in [2.75, 3.05) is 7.05 Å². The molecule has 0 radical (unpaired) electrons. The molecule has 2 amide bonds. The van der Waals surface area contributed by atoms with E-state index in [1.165, 1.54) is 6.92 Å². The van der Waals surface area contributed by atoms with Crippen LogP contribution >= 0.6 is 12.2 Å². The summed E-state index contributed by atoms with van der Waals surface area (Å²) in [5.74, 6) is -0.682. The standard InChI is InChI=1S/C13H18N4O2S/c1-9(18)16-11(17-13(20)14-2)12(19)15-8-10-6-4-3-5-7-10/h3-7,11H,8H2,1-2H3,(H,15,19)(H,16,18)(H2,14,17,20). The monoisotopic (exact) mass is 294 g/mol. The van der Waals surface area contributed by atoms with Crippen LogP contribution in [0.15, 0.2) is 30.3 Å². The second-order valence-electron chi connectivity index (χ2n) is 4.06. The van der Waals surface area contributed by atoms with Crippen LogP contribution in [0.5, 0.6) is 0 Å². The fourth-order valence-corrected chi connectivity index (χ4v) is 1.58. The van der Waals surface area contributed by atoms with Gasteiger partial charge in [-0.05, 0) is 17.8 Å². The highest BCUT2D eigenvalue weighted by molar-refractivity contribution is 7.80. The molecule has 0 bridgehead atoms. The van der Waals surface area contributed by atoms with Crippen LogP contribution in [0.4, 0.5) is 0 Å². The lowest BCUT2D eigenvalue weighted by Gasteiger charge is -2.20. The summed E-state index contributed by atoms with van der Waals surface area (Å²) in [5, 5.41) is 10.9. The summed E-state index contributed by atoms with van der Waals surface area (Å²) >= 11 is 4.93. The molecular formula is C13H18N4O2S. The topological polar surface area (TPSA) is 82.3 Å². The van der Waals surface area contributed by atoms with Crippen molar-refractivity contribution < 1.29 is 9.59 Å². The Hall–Kier alpha value is -2.15. The fourth-order valence-electron chi connectivity index (χ4n) is 1.46. The number of hydrogen-bond acceptors (Lipinski definition) is 3. The van der Waals surface area contributed by atoms with Gasteiger partial charge in [0, 0.05) is 20.5 Å². The molecule has 4 N–H and O–H groups in total. The first-order valence-corrected chi connectivity index (χ1v) is 6.50. The van der Waals surface area contributed by atoms with Gasteiger partial charge in [-0.2, -0.15) is 0 Å². The van der Waals surface area contributed by atoms with Crippen LogP contribution < -0.4 is 21.3 Å². The average Bonchev–Trinajstić information content (AvgIpc) is 2.44. The molecule has 7 heteroatoms. The van der Waals surface area contributed by atoms with Gasteiger partial charge in [0.1, 0.15) is 0 Å². The molecule has 1 aromatic rings. The second-order valence-corrected chi connectivity index (χ2v) is 4.47. The molecule has 0 spiro atoms. The molecule has 0 aliphatic heterocycles. The van der Waals surface area contributed by atoms with Crippen molar-refractivity contribution in [1.82, 2.24) is 21.3 Å². The van der Waals surface area contributed by atoms with Crippen LogP contribution in [0.1, 0.15) is 12.5 Å². The predicted molar refractivity (Wildman–Crippen MR) is 80.7 cm³/mol. The van der Waals surface area contributed by atoms with Gasteiger partial charge in [0.25, 0.3) is 5.91 Å². The maximum absolute atomic E-state index is 12.0. The second kappa shape index (κ2) is 8.11. The number of carbonyl (C=O) groups is 2. The van der Waals surface area contributed by atoms with E-state index in [0.717, 1.165) is 5.56 Å². The molecule has 0 aromatic heterocycles. The van der Waals surface area contributed by atoms with Gasteiger partial charge >= 0.3 is 0 Å². The van der Waals surface area contributed by atoms with Gasteiger partial charge in [0.05, 0.1) is 0 Å². The Morgan fingerprint density at radius 2 is 1.85 bits per heavy atom. The number of carbonyl (C=O) groups excluding carboxylic acids is 2. The van der Waals surface area contributed by atoms with Crippen LogP contribution in [0.3, 0.4) is 0 Å². The number of rotatable bonds is 5. The maximum atomic E-state index is 12.0. The van der Waals surface area contributed by atoms with E-state index in [4.69, 9.17) is 12.2 Å². The van der Waals surface area contributed by atoms with E-state index in [-0.39, 0.29) is 16.9 Å². The number of thiocarbonyl (C=S) groups is 1. The minimum absolute atomic E-state index is 0.276. The molecule has 0 fully saturated rings. The van der Waals surface area contributed by atoms with E-state index in [9.17, 15) is 9.59 Å². The number of hydrogen-bond donors (Lipinski definition) is 4. The van der Waals surface area contributed by atoms with E-state index in [1.807, 2.05) is 30.3 Å². The third-order valence-corrected chi connectivity index (χ3v) is 2.74. The smallest absolute Gasteiger partial charge is 0.263 e.